The van der Waals surface area contributed by atoms with E-state index in [4.69, 9.17) is 10.7 Å². The molecule has 1 aromatic carbocycles. The number of piperidine rings is 1. The zero-order chi connectivity index (χ0) is 25.0. The van der Waals surface area contributed by atoms with E-state index in [1.807, 2.05) is 9.80 Å². The van der Waals surface area contributed by atoms with Crippen LogP contribution in [-0.2, 0) is 0 Å². The van der Waals surface area contributed by atoms with Crippen LogP contribution in [0.1, 0.15) is 56.1 Å². The lowest BCUT2D eigenvalue weighted by molar-refractivity contribution is -0.111. The number of amides is 2. The predicted molar refractivity (Wildman–Crippen MR) is 143 cm³/mol. The van der Waals surface area contributed by atoms with Gasteiger partial charge in [0.05, 0.1) is 12.1 Å². The third kappa shape index (κ3) is 4.27. The SMILES string of the molecule is Cc1ccc(C)c(N2CCN(C(=O)N3CCCC(N=C(N)C45CC6CC(C4)C(O)C(C6)C5)C3)CC2)c1. The third-order valence-corrected chi connectivity index (χ3v) is 10.0. The molecule has 196 valence electrons. The molecule has 7 heteroatoms. The van der Waals surface area contributed by atoms with Crippen molar-refractivity contribution in [1.82, 2.24) is 9.80 Å². The Hall–Kier alpha value is -2.28. The van der Waals surface area contributed by atoms with Gasteiger partial charge in [-0.25, -0.2) is 4.79 Å². The van der Waals surface area contributed by atoms with Gasteiger partial charge in [0.1, 0.15) is 5.84 Å². The number of aryl methyl sites for hydroxylation is 2. The van der Waals surface area contributed by atoms with Gasteiger partial charge in [-0.05, 0) is 93.7 Å². The van der Waals surface area contributed by atoms with Gasteiger partial charge in [-0.3, -0.25) is 4.99 Å². The van der Waals surface area contributed by atoms with Gasteiger partial charge in [0, 0.05) is 50.4 Å². The minimum absolute atomic E-state index is 0.00767. The van der Waals surface area contributed by atoms with Crippen LogP contribution in [0, 0.1) is 37.0 Å². The van der Waals surface area contributed by atoms with Crippen molar-refractivity contribution in [3.8, 4) is 0 Å². The molecule has 3 N–H and O–H groups in total. The highest BCUT2D eigenvalue weighted by Crippen LogP contribution is 2.60. The summed E-state index contributed by atoms with van der Waals surface area (Å²) in [6.45, 7) is 9.04. The molecule has 6 aliphatic rings. The lowest BCUT2D eigenvalue weighted by Crippen LogP contribution is -2.58. The Morgan fingerprint density at radius 3 is 2.47 bits per heavy atom. The van der Waals surface area contributed by atoms with Crippen LogP contribution in [0.15, 0.2) is 23.2 Å². The maximum absolute atomic E-state index is 13.4. The molecule has 0 aromatic heterocycles. The number of hydrogen-bond donors (Lipinski definition) is 2. The van der Waals surface area contributed by atoms with E-state index in [1.54, 1.807) is 0 Å². The Morgan fingerprint density at radius 2 is 1.75 bits per heavy atom. The van der Waals surface area contributed by atoms with Crippen LogP contribution in [0.4, 0.5) is 10.5 Å². The number of likely N-dealkylation sites (tertiary alicyclic amines) is 1. The second-order valence-corrected chi connectivity index (χ2v) is 12.5. The number of urea groups is 1. The van der Waals surface area contributed by atoms with Gasteiger partial charge in [-0.2, -0.15) is 0 Å². The molecule has 4 bridgehead atoms. The normalized spacial score (nSPS) is 36.5. The molecule has 2 saturated heterocycles. The van der Waals surface area contributed by atoms with E-state index >= 15 is 0 Å². The fraction of sp³-hybridized carbons (Fsp3) is 0.724. The van der Waals surface area contributed by atoms with Crippen molar-refractivity contribution in [2.75, 3.05) is 44.2 Å². The summed E-state index contributed by atoms with van der Waals surface area (Å²) >= 11 is 0. The predicted octanol–water partition coefficient (Wildman–Crippen LogP) is 3.55. The highest BCUT2D eigenvalue weighted by molar-refractivity contribution is 5.87. The van der Waals surface area contributed by atoms with Crippen molar-refractivity contribution in [3.63, 3.8) is 0 Å². The van der Waals surface area contributed by atoms with Gasteiger partial charge in [0.25, 0.3) is 0 Å². The number of amidine groups is 1. The Bertz CT molecular complexity index is 1020. The maximum Gasteiger partial charge on any atom is 0.320 e. The summed E-state index contributed by atoms with van der Waals surface area (Å²) in [7, 11) is 0. The first-order valence-electron chi connectivity index (χ1n) is 14.2. The van der Waals surface area contributed by atoms with Crippen LogP contribution in [0.2, 0.25) is 0 Å². The standard InChI is InChI=1S/C29H43N5O2/c1-19-5-6-20(2)25(12-19)32-8-10-33(11-9-32)28(36)34-7-3-4-24(18-34)31-27(30)29-15-21-13-22(16-29)26(35)23(14-21)17-29/h5-6,12,21-24,26,35H,3-4,7-11,13-18H2,1-2H3,(H2,30,31). The quantitative estimate of drug-likeness (QED) is 0.498. The summed E-state index contributed by atoms with van der Waals surface area (Å²) in [5.41, 5.74) is 10.6. The molecule has 2 aliphatic heterocycles. The molecule has 36 heavy (non-hydrogen) atoms. The molecule has 3 unspecified atom stereocenters. The molecule has 7 nitrogen and oxygen atoms in total. The number of piperazine rings is 1. The van der Waals surface area contributed by atoms with E-state index in [0.29, 0.717) is 24.3 Å². The Labute approximate surface area is 215 Å². The average molecular weight is 494 g/mol. The average Bonchev–Trinajstić information content (AvgIpc) is 2.88. The lowest BCUT2D eigenvalue weighted by atomic mass is 9.48. The second-order valence-electron chi connectivity index (χ2n) is 12.5. The minimum atomic E-state index is -0.138. The number of aliphatic imine (C=N–C) groups is 1. The molecular weight excluding hydrogens is 450 g/mol. The van der Waals surface area contributed by atoms with Crippen LogP contribution >= 0.6 is 0 Å². The summed E-state index contributed by atoms with van der Waals surface area (Å²) in [6, 6.07) is 6.86. The van der Waals surface area contributed by atoms with E-state index in [1.165, 1.54) is 16.8 Å². The lowest BCUT2D eigenvalue weighted by Gasteiger charge is -2.58. The first-order chi connectivity index (χ1) is 17.3. The van der Waals surface area contributed by atoms with Crippen molar-refractivity contribution in [2.45, 2.75) is 70.9 Å². The first-order valence-corrected chi connectivity index (χ1v) is 14.2. The number of rotatable bonds is 3. The second kappa shape index (κ2) is 9.23. The number of anilines is 1. The number of benzene rings is 1. The van der Waals surface area contributed by atoms with Crippen LogP contribution in [0.5, 0.6) is 0 Å². The van der Waals surface area contributed by atoms with Crippen molar-refractivity contribution in [1.29, 1.82) is 0 Å². The van der Waals surface area contributed by atoms with Gasteiger partial charge in [0.15, 0.2) is 0 Å². The Balaban J connectivity index is 1.08. The van der Waals surface area contributed by atoms with E-state index in [2.05, 4.69) is 36.9 Å². The molecule has 2 amide bonds. The Kier molecular flexibility index (Phi) is 6.17. The van der Waals surface area contributed by atoms with Gasteiger partial charge in [-0.1, -0.05) is 12.1 Å². The van der Waals surface area contributed by atoms with Crippen LogP contribution < -0.4 is 10.6 Å². The summed E-state index contributed by atoms with van der Waals surface area (Å²) in [4.78, 5) is 25.0. The highest BCUT2D eigenvalue weighted by Gasteiger charge is 2.56. The first kappa shape index (κ1) is 24.1. The number of nitrogens with two attached hydrogens (primary N) is 1. The zero-order valence-corrected chi connectivity index (χ0v) is 22.0. The molecular formula is C29H43N5O2. The van der Waals surface area contributed by atoms with E-state index in [9.17, 15) is 9.90 Å². The largest absolute Gasteiger partial charge is 0.393 e. The van der Waals surface area contributed by atoms with Crippen molar-refractivity contribution >= 4 is 17.6 Å². The number of hydrogen-bond acceptors (Lipinski definition) is 4. The summed E-state index contributed by atoms with van der Waals surface area (Å²) in [5.74, 6) is 2.31. The fourth-order valence-corrected chi connectivity index (χ4v) is 8.28. The maximum atomic E-state index is 13.4. The summed E-state index contributed by atoms with van der Waals surface area (Å²) in [5, 5.41) is 10.6. The molecule has 3 atom stereocenters. The van der Waals surface area contributed by atoms with Crippen molar-refractivity contribution < 1.29 is 9.90 Å². The molecule has 6 fully saturated rings. The molecule has 1 aromatic rings. The van der Waals surface area contributed by atoms with E-state index in [0.717, 1.165) is 83.5 Å². The van der Waals surface area contributed by atoms with E-state index < -0.39 is 0 Å². The van der Waals surface area contributed by atoms with Gasteiger partial charge in [-0.15, -0.1) is 0 Å². The topological polar surface area (TPSA) is 85.4 Å². The number of nitrogens with zero attached hydrogens (tertiary/aromatic N) is 4. The monoisotopic (exact) mass is 493 g/mol. The summed E-state index contributed by atoms with van der Waals surface area (Å²) in [6.07, 6.45) is 7.30. The highest BCUT2D eigenvalue weighted by atomic mass is 16.3. The van der Waals surface area contributed by atoms with Crippen LogP contribution in [0.3, 0.4) is 0 Å². The van der Waals surface area contributed by atoms with Crippen molar-refractivity contribution in [2.24, 2.45) is 33.9 Å². The number of carbonyl (C=O) groups excluding carboxylic acids is 1. The molecule has 4 saturated carbocycles. The number of carbonyl (C=O) groups is 1. The van der Waals surface area contributed by atoms with Crippen LogP contribution in [-0.4, -0.2) is 78.2 Å². The molecule has 2 heterocycles. The number of aliphatic hydroxyl groups is 1. The Morgan fingerprint density at radius 1 is 1.03 bits per heavy atom. The van der Waals surface area contributed by atoms with Gasteiger partial charge in [0.2, 0.25) is 0 Å². The molecule has 0 radical (unpaired) electrons. The molecule has 7 rings (SSSR count). The smallest absolute Gasteiger partial charge is 0.320 e. The van der Waals surface area contributed by atoms with Gasteiger partial charge < -0.3 is 25.5 Å². The summed E-state index contributed by atoms with van der Waals surface area (Å²) < 4.78 is 0. The van der Waals surface area contributed by atoms with Gasteiger partial charge >= 0.3 is 6.03 Å². The molecule has 4 aliphatic carbocycles. The van der Waals surface area contributed by atoms with Crippen LogP contribution in [0.25, 0.3) is 0 Å². The van der Waals surface area contributed by atoms with Crippen molar-refractivity contribution in [3.05, 3.63) is 29.3 Å². The fourth-order valence-electron chi connectivity index (χ4n) is 8.28. The van der Waals surface area contributed by atoms with E-state index in [-0.39, 0.29) is 23.6 Å². The molecule has 0 spiro atoms. The number of aliphatic hydroxyl groups excluding tert-OH is 1. The third-order valence-electron chi connectivity index (χ3n) is 10.0. The zero-order valence-electron chi connectivity index (χ0n) is 22.0. The minimum Gasteiger partial charge on any atom is -0.393 e.